The molecule has 1 atom stereocenters. The van der Waals surface area contributed by atoms with E-state index in [-0.39, 0.29) is 5.41 Å². The molecule has 3 aromatic heterocycles. The zero-order chi connectivity index (χ0) is 16.7. The maximum atomic E-state index is 5.11. The molecule has 1 unspecified atom stereocenters. The number of aromatic nitrogens is 3. The average molecular weight is 345 g/mol. The Morgan fingerprint density at radius 2 is 2.04 bits per heavy atom. The van der Waals surface area contributed by atoms with Gasteiger partial charge in [0.25, 0.3) is 0 Å². The van der Waals surface area contributed by atoms with Crippen molar-refractivity contribution in [3.8, 4) is 11.4 Å². The highest BCUT2D eigenvalue weighted by atomic mass is 32.1. The third kappa shape index (κ3) is 2.20. The van der Waals surface area contributed by atoms with Crippen LogP contribution in [0.2, 0.25) is 0 Å². The average Bonchev–Trinajstić information content (AvgIpc) is 3.42. The summed E-state index contributed by atoms with van der Waals surface area (Å²) in [6, 6.07) is 12.9. The molecule has 1 aliphatic rings. The largest absolute Gasteiger partial charge is 0.451 e. The highest BCUT2D eigenvalue weighted by Crippen LogP contribution is 2.43. The number of benzene rings is 1. The molecule has 122 valence electrons. The first-order valence-corrected chi connectivity index (χ1v) is 9.04. The van der Waals surface area contributed by atoms with Gasteiger partial charge in [0.1, 0.15) is 17.7 Å². The molecule has 4 aromatic rings. The molecule has 1 N–H and O–H groups in total. The van der Waals surface area contributed by atoms with E-state index >= 15 is 0 Å². The standard InChI is InChI=1S/C20H15N3OS/c1-2-4-14(5-3-1)20(15-7-9-25-12-15)8-6-16-17(10-20)22-23-19(16)18-11-24-13-21-18/h1-9,11-13H,10H2,(H,22,23). The van der Waals surface area contributed by atoms with Crippen molar-refractivity contribution in [2.45, 2.75) is 11.8 Å². The van der Waals surface area contributed by atoms with E-state index < -0.39 is 0 Å². The van der Waals surface area contributed by atoms with Gasteiger partial charge in [0.05, 0.1) is 0 Å². The van der Waals surface area contributed by atoms with E-state index in [2.05, 4.69) is 74.5 Å². The Labute approximate surface area is 148 Å². The minimum absolute atomic E-state index is 0.179. The van der Waals surface area contributed by atoms with Crippen LogP contribution in [-0.2, 0) is 11.8 Å². The molecule has 0 aliphatic heterocycles. The molecule has 1 aromatic carbocycles. The van der Waals surface area contributed by atoms with Gasteiger partial charge in [0.15, 0.2) is 6.39 Å². The number of H-pyrrole nitrogens is 1. The van der Waals surface area contributed by atoms with Crippen LogP contribution in [0.5, 0.6) is 0 Å². The van der Waals surface area contributed by atoms with Crippen LogP contribution in [0.3, 0.4) is 0 Å². The Hall–Kier alpha value is -2.92. The van der Waals surface area contributed by atoms with Crippen molar-refractivity contribution < 1.29 is 4.42 Å². The molecule has 1 aliphatic carbocycles. The lowest BCUT2D eigenvalue weighted by molar-refractivity contribution is 0.558. The molecule has 0 fully saturated rings. The monoisotopic (exact) mass is 345 g/mol. The lowest BCUT2D eigenvalue weighted by atomic mass is 9.69. The summed E-state index contributed by atoms with van der Waals surface area (Å²) >= 11 is 1.73. The van der Waals surface area contributed by atoms with Crippen LogP contribution in [0.15, 0.2) is 70.3 Å². The molecule has 5 rings (SSSR count). The molecule has 0 spiro atoms. The van der Waals surface area contributed by atoms with E-state index in [1.165, 1.54) is 17.5 Å². The number of nitrogens with zero attached hydrogens (tertiary/aromatic N) is 2. The molecular formula is C20H15N3OS. The summed E-state index contributed by atoms with van der Waals surface area (Å²) in [7, 11) is 0. The van der Waals surface area contributed by atoms with Crippen LogP contribution in [0, 0.1) is 0 Å². The molecule has 5 heteroatoms. The molecule has 0 bridgehead atoms. The van der Waals surface area contributed by atoms with Gasteiger partial charge in [-0.2, -0.15) is 16.4 Å². The van der Waals surface area contributed by atoms with Gasteiger partial charge in [0, 0.05) is 23.1 Å². The van der Waals surface area contributed by atoms with Crippen LogP contribution in [0.1, 0.15) is 22.4 Å². The normalized spacial score (nSPS) is 19.0. The lowest BCUT2D eigenvalue weighted by Crippen LogP contribution is -2.30. The van der Waals surface area contributed by atoms with Gasteiger partial charge in [0.2, 0.25) is 0 Å². The highest BCUT2D eigenvalue weighted by molar-refractivity contribution is 7.08. The fraction of sp³-hybridized carbons (Fsp3) is 0.100. The number of allylic oxidation sites excluding steroid dienone is 1. The fourth-order valence-corrected chi connectivity index (χ4v) is 4.35. The first-order valence-electron chi connectivity index (χ1n) is 8.10. The zero-order valence-corrected chi connectivity index (χ0v) is 14.2. The minimum Gasteiger partial charge on any atom is -0.451 e. The van der Waals surface area contributed by atoms with Gasteiger partial charge in [-0.15, -0.1) is 0 Å². The molecule has 0 radical (unpaired) electrons. The number of fused-ring (bicyclic) bond motifs is 1. The quantitative estimate of drug-likeness (QED) is 0.586. The number of thiophene rings is 1. The second-order valence-electron chi connectivity index (χ2n) is 6.20. The van der Waals surface area contributed by atoms with Crippen LogP contribution in [-0.4, -0.2) is 15.2 Å². The fourth-order valence-electron chi connectivity index (χ4n) is 3.61. The smallest absolute Gasteiger partial charge is 0.181 e. The Kier molecular flexibility index (Phi) is 3.21. The second kappa shape index (κ2) is 5.57. The van der Waals surface area contributed by atoms with E-state index in [1.54, 1.807) is 17.6 Å². The Morgan fingerprint density at radius 3 is 2.80 bits per heavy atom. The lowest BCUT2D eigenvalue weighted by Gasteiger charge is -2.33. The van der Waals surface area contributed by atoms with Gasteiger partial charge >= 0.3 is 0 Å². The minimum atomic E-state index is -0.179. The predicted molar refractivity (Wildman–Crippen MR) is 98.4 cm³/mol. The molecule has 3 heterocycles. The highest BCUT2D eigenvalue weighted by Gasteiger charge is 2.37. The van der Waals surface area contributed by atoms with Crippen LogP contribution in [0.4, 0.5) is 0 Å². The predicted octanol–water partition coefficient (Wildman–Crippen LogP) is 4.68. The number of aromatic amines is 1. The number of nitrogens with one attached hydrogen (secondary N) is 1. The zero-order valence-electron chi connectivity index (χ0n) is 13.3. The summed E-state index contributed by atoms with van der Waals surface area (Å²) < 4.78 is 5.11. The van der Waals surface area contributed by atoms with E-state index in [9.17, 15) is 0 Å². The van der Waals surface area contributed by atoms with Crippen LogP contribution in [0.25, 0.3) is 17.5 Å². The van der Waals surface area contributed by atoms with Crippen molar-refractivity contribution in [2.24, 2.45) is 0 Å². The maximum absolute atomic E-state index is 5.11. The third-order valence-electron chi connectivity index (χ3n) is 4.87. The van der Waals surface area contributed by atoms with Gasteiger partial charge in [-0.05, 0) is 28.0 Å². The van der Waals surface area contributed by atoms with E-state index in [0.717, 1.165) is 29.1 Å². The van der Waals surface area contributed by atoms with Gasteiger partial charge < -0.3 is 4.42 Å². The Morgan fingerprint density at radius 1 is 1.12 bits per heavy atom. The van der Waals surface area contributed by atoms with Gasteiger partial charge in [-0.3, -0.25) is 5.10 Å². The number of hydrogen-bond donors (Lipinski definition) is 1. The van der Waals surface area contributed by atoms with Crippen LogP contribution >= 0.6 is 11.3 Å². The summed E-state index contributed by atoms with van der Waals surface area (Å²) in [5.74, 6) is 0. The van der Waals surface area contributed by atoms with Crippen LogP contribution < -0.4 is 0 Å². The molecule has 0 amide bonds. The van der Waals surface area contributed by atoms with Crippen molar-refractivity contribution in [3.63, 3.8) is 0 Å². The molecule has 0 saturated carbocycles. The first-order chi connectivity index (χ1) is 12.4. The van der Waals surface area contributed by atoms with E-state index in [4.69, 9.17) is 4.42 Å². The Bertz CT molecular complexity index is 1020. The SMILES string of the molecule is C1=CC(c2ccccc2)(c2ccsc2)Cc2[nH]nc(-c3cocn3)c21. The Balaban J connectivity index is 1.66. The number of hydrogen-bond acceptors (Lipinski definition) is 4. The summed E-state index contributed by atoms with van der Waals surface area (Å²) in [5, 5.41) is 12.1. The summed E-state index contributed by atoms with van der Waals surface area (Å²) in [6.07, 6.45) is 8.36. The third-order valence-corrected chi connectivity index (χ3v) is 5.56. The number of rotatable bonds is 3. The first kappa shape index (κ1) is 14.4. The van der Waals surface area contributed by atoms with Crippen molar-refractivity contribution in [1.29, 1.82) is 0 Å². The van der Waals surface area contributed by atoms with Crippen molar-refractivity contribution >= 4 is 17.4 Å². The summed E-state index contributed by atoms with van der Waals surface area (Å²) in [4.78, 5) is 4.23. The van der Waals surface area contributed by atoms with E-state index in [0.29, 0.717) is 0 Å². The number of oxazole rings is 1. The summed E-state index contributed by atoms with van der Waals surface area (Å²) in [6.45, 7) is 0. The van der Waals surface area contributed by atoms with Gasteiger partial charge in [-0.25, -0.2) is 4.98 Å². The topological polar surface area (TPSA) is 54.7 Å². The molecular weight excluding hydrogens is 330 g/mol. The second-order valence-corrected chi connectivity index (χ2v) is 6.98. The molecule has 0 saturated heterocycles. The summed E-state index contributed by atoms with van der Waals surface area (Å²) in [5.41, 5.74) is 6.22. The maximum Gasteiger partial charge on any atom is 0.181 e. The molecule has 4 nitrogen and oxygen atoms in total. The van der Waals surface area contributed by atoms with Crippen molar-refractivity contribution in [2.75, 3.05) is 0 Å². The van der Waals surface area contributed by atoms with Gasteiger partial charge in [-0.1, -0.05) is 42.5 Å². The molecule has 25 heavy (non-hydrogen) atoms. The van der Waals surface area contributed by atoms with E-state index in [1.807, 2.05) is 0 Å². The van der Waals surface area contributed by atoms with Crippen molar-refractivity contribution in [3.05, 3.63) is 88.3 Å². The van der Waals surface area contributed by atoms with Crippen molar-refractivity contribution in [1.82, 2.24) is 15.2 Å².